The van der Waals surface area contributed by atoms with Crippen LogP contribution in [0.5, 0.6) is 11.8 Å². The highest BCUT2D eigenvalue weighted by Crippen LogP contribution is 2.54. The average Bonchev–Trinajstić information content (AvgIpc) is 3.78. The van der Waals surface area contributed by atoms with Gasteiger partial charge in [0, 0.05) is 35.7 Å². The second-order valence-corrected chi connectivity index (χ2v) is 17.5. The molecule has 0 unspecified atom stereocenters. The van der Waals surface area contributed by atoms with Gasteiger partial charge in [-0.1, -0.05) is 17.7 Å². The summed E-state index contributed by atoms with van der Waals surface area (Å²) < 4.78 is 112. The molecule has 12 nitrogen and oxygen atoms in total. The Bertz CT molecular complexity index is 2620. The summed E-state index contributed by atoms with van der Waals surface area (Å²) in [5.74, 6) is -3.39. The third-order valence-electron chi connectivity index (χ3n) is 11.0. The number of nitriles is 1. The molecule has 2 saturated heterocycles. The number of alkyl halides is 4. The summed E-state index contributed by atoms with van der Waals surface area (Å²) in [6, 6.07) is 3.97. The lowest BCUT2D eigenvalue weighted by molar-refractivity contribution is -0.138. The summed E-state index contributed by atoms with van der Waals surface area (Å²) in [4.78, 5) is 29.4. The van der Waals surface area contributed by atoms with Crippen LogP contribution >= 0.6 is 22.9 Å². The zero-order chi connectivity index (χ0) is 43.1. The van der Waals surface area contributed by atoms with Gasteiger partial charge in [0.15, 0.2) is 5.82 Å². The maximum Gasteiger partial charge on any atom is 0.420 e. The normalized spacial score (nSPS) is 19.8. The van der Waals surface area contributed by atoms with Crippen molar-refractivity contribution in [1.82, 2.24) is 19.9 Å². The minimum atomic E-state index is -5.33. The molecule has 8 rings (SSSR count). The molecule has 6 heterocycles. The van der Waals surface area contributed by atoms with Crippen LogP contribution in [0.4, 0.5) is 47.8 Å². The number of rotatable bonds is 7. The van der Waals surface area contributed by atoms with Crippen molar-refractivity contribution in [1.29, 1.82) is 5.26 Å². The number of nitrogen functional groups attached to an aromatic ring is 1. The molecule has 3 aliphatic rings. The fourth-order valence-electron chi connectivity index (χ4n) is 8.52. The van der Waals surface area contributed by atoms with E-state index in [1.165, 1.54) is 6.20 Å². The van der Waals surface area contributed by atoms with Gasteiger partial charge in [-0.05, 0) is 64.8 Å². The van der Waals surface area contributed by atoms with Gasteiger partial charge < -0.3 is 24.8 Å². The van der Waals surface area contributed by atoms with Crippen molar-refractivity contribution in [3.8, 4) is 29.0 Å². The second-order valence-electron chi connectivity index (χ2n) is 16.0. The molecule has 0 saturated carbocycles. The Balaban J connectivity index is 1.39. The van der Waals surface area contributed by atoms with Crippen LogP contribution < -0.4 is 25.4 Å². The standard InChI is InChI=1S/C40H37ClF6N8O4S/c1-18(22-12-19(41)15-50-33(22)49)55-10-11-57-31-27-30(51-36(52-34(27)55)58-17-39-8-5-9-54(39)16-20(42)13-39)29(44)26(28(31)40(45,46)47)21-6-7-24(43)32-25(21)23(14-48)35(60-32)53-37(56)59-38(2,3)4/h6-7,12,15,18,20H,5,8-11,13,16-17H2,1-4H3,(H2,49,50)(H,53,56)/t18-,20-,39+/m1/s1. The van der Waals surface area contributed by atoms with Crippen LogP contribution in [0.25, 0.3) is 32.1 Å². The number of hydrogen-bond acceptors (Lipinski definition) is 12. The predicted molar refractivity (Wildman–Crippen MR) is 213 cm³/mol. The lowest BCUT2D eigenvalue weighted by Gasteiger charge is -2.32. The molecule has 3 N–H and O–H groups in total. The Morgan fingerprint density at radius 1 is 1.22 bits per heavy atom. The first-order valence-corrected chi connectivity index (χ1v) is 20.1. The molecule has 0 spiro atoms. The maximum atomic E-state index is 17.7. The Kier molecular flexibility index (Phi) is 10.3. The van der Waals surface area contributed by atoms with Gasteiger partial charge in [0.25, 0.3) is 0 Å². The molecule has 1 amide bonds. The van der Waals surface area contributed by atoms with E-state index in [9.17, 15) is 14.4 Å². The molecule has 0 radical (unpaired) electrons. The number of ether oxygens (including phenoxy) is 3. The van der Waals surface area contributed by atoms with Crippen LogP contribution in [-0.2, 0) is 10.9 Å². The van der Waals surface area contributed by atoms with Crippen LogP contribution in [0.1, 0.15) is 69.7 Å². The highest BCUT2D eigenvalue weighted by Gasteiger charge is 2.50. The van der Waals surface area contributed by atoms with Crippen molar-refractivity contribution >= 4 is 66.7 Å². The zero-order valence-corrected chi connectivity index (χ0v) is 34.1. The second kappa shape index (κ2) is 15.0. The molecule has 0 bridgehead atoms. The lowest BCUT2D eigenvalue weighted by Crippen LogP contribution is -2.43. The summed E-state index contributed by atoms with van der Waals surface area (Å²) >= 11 is 6.85. The number of aromatic nitrogens is 3. The van der Waals surface area contributed by atoms with Gasteiger partial charge in [0.2, 0.25) is 0 Å². The molecular formula is C40H37ClF6N8O4S. The number of carbonyl (C=O) groups is 1. The summed E-state index contributed by atoms with van der Waals surface area (Å²) in [6.07, 6.45) is -4.54. The van der Waals surface area contributed by atoms with E-state index in [4.69, 9.17) is 31.5 Å². The zero-order valence-electron chi connectivity index (χ0n) is 32.6. The Morgan fingerprint density at radius 3 is 2.70 bits per heavy atom. The monoisotopic (exact) mass is 874 g/mol. The highest BCUT2D eigenvalue weighted by atomic mass is 35.5. The molecule has 5 aromatic rings. The third-order valence-corrected chi connectivity index (χ3v) is 12.3. The quantitative estimate of drug-likeness (QED) is 0.151. The van der Waals surface area contributed by atoms with E-state index in [2.05, 4.69) is 20.3 Å². The van der Waals surface area contributed by atoms with E-state index in [1.54, 1.807) is 38.7 Å². The van der Waals surface area contributed by atoms with Crippen LogP contribution in [0.2, 0.25) is 5.02 Å². The number of nitrogens with two attached hydrogens (primary N) is 1. The lowest BCUT2D eigenvalue weighted by atomic mass is 9.91. The summed E-state index contributed by atoms with van der Waals surface area (Å²) in [5, 5.41) is 11.9. The number of fused-ring (bicyclic) bond motifs is 2. The van der Waals surface area contributed by atoms with E-state index < -0.39 is 97.6 Å². The number of nitrogens with one attached hydrogen (secondary N) is 1. The number of hydrogen-bond donors (Lipinski definition) is 2. The van der Waals surface area contributed by atoms with Gasteiger partial charge in [-0.25, -0.2) is 22.9 Å². The van der Waals surface area contributed by atoms with Crippen molar-refractivity contribution in [3.63, 3.8) is 0 Å². The average molecular weight is 875 g/mol. The number of carbonyl (C=O) groups excluding carboxylic acids is 1. The van der Waals surface area contributed by atoms with Crippen LogP contribution in [0, 0.1) is 23.0 Å². The molecule has 3 atom stereocenters. The molecule has 2 fully saturated rings. The first-order chi connectivity index (χ1) is 28.3. The maximum absolute atomic E-state index is 17.7. The number of thiophene rings is 1. The largest absolute Gasteiger partial charge is 0.490 e. The molecule has 3 aliphatic heterocycles. The van der Waals surface area contributed by atoms with Crippen LogP contribution in [-0.4, -0.2) is 76.1 Å². The summed E-state index contributed by atoms with van der Waals surface area (Å²) in [5.41, 5.74) is 0.697. The molecule has 3 aromatic heterocycles. The first kappa shape index (κ1) is 41.4. The van der Waals surface area contributed by atoms with E-state index in [1.807, 2.05) is 11.0 Å². The van der Waals surface area contributed by atoms with Gasteiger partial charge >= 0.3 is 18.3 Å². The van der Waals surface area contributed by atoms with Gasteiger partial charge in [-0.3, -0.25) is 10.2 Å². The molecule has 0 aliphatic carbocycles. The molecule has 2 aromatic carbocycles. The van der Waals surface area contributed by atoms with Gasteiger partial charge in [-0.15, -0.1) is 11.3 Å². The number of nitrogens with zero attached hydrogens (tertiary/aromatic N) is 6. The number of benzene rings is 2. The molecular weight excluding hydrogens is 838 g/mol. The highest BCUT2D eigenvalue weighted by molar-refractivity contribution is 7.23. The number of anilines is 3. The van der Waals surface area contributed by atoms with Crippen molar-refractivity contribution in [2.45, 2.75) is 76.5 Å². The van der Waals surface area contributed by atoms with Crippen molar-refractivity contribution in [2.75, 3.05) is 48.8 Å². The molecule has 60 heavy (non-hydrogen) atoms. The van der Waals surface area contributed by atoms with Crippen molar-refractivity contribution in [3.05, 3.63) is 57.7 Å². The topological polar surface area (TPSA) is 152 Å². The Morgan fingerprint density at radius 2 is 1.98 bits per heavy atom. The van der Waals surface area contributed by atoms with E-state index in [0.29, 0.717) is 29.9 Å². The van der Waals surface area contributed by atoms with Crippen LogP contribution in [0.3, 0.4) is 0 Å². The van der Waals surface area contributed by atoms with Gasteiger partial charge in [0.1, 0.15) is 70.3 Å². The molecule has 20 heteroatoms. The van der Waals surface area contributed by atoms with Crippen LogP contribution in [0.15, 0.2) is 24.4 Å². The van der Waals surface area contributed by atoms with E-state index >= 15 is 22.0 Å². The predicted octanol–water partition coefficient (Wildman–Crippen LogP) is 9.57. The SMILES string of the molecule is C[C@H](c1cc(Cl)cnc1N)N1CCOc2c(C(F)(F)F)c(-c3ccc(F)c4sc(NC(=O)OC(C)(C)C)c(C#N)c34)c(F)c3nc(OC[C@@]45CCCN4C[C@H](F)C5)nc1c23. The first-order valence-electron chi connectivity index (χ1n) is 18.9. The fraction of sp³-hybridized carbons (Fsp3) is 0.425. The Hall–Kier alpha value is -5.32. The van der Waals surface area contributed by atoms with E-state index in [-0.39, 0.29) is 59.1 Å². The molecule has 316 valence electrons. The van der Waals surface area contributed by atoms with Gasteiger partial charge in [-0.2, -0.15) is 28.4 Å². The van der Waals surface area contributed by atoms with Gasteiger partial charge in [0.05, 0.1) is 38.8 Å². The van der Waals surface area contributed by atoms with Crippen molar-refractivity contribution < 1.29 is 45.3 Å². The number of halogens is 7. The fourth-order valence-corrected chi connectivity index (χ4v) is 9.75. The third kappa shape index (κ3) is 7.21. The minimum absolute atomic E-state index is 0.0731. The van der Waals surface area contributed by atoms with Crippen molar-refractivity contribution in [2.24, 2.45) is 0 Å². The Labute approximate surface area is 348 Å². The smallest absolute Gasteiger partial charge is 0.420 e. The minimum Gasteiger partial charge on any atom is -0.490 e. The summed E-state index contributed by atoms with van der Waals surface area (Å²) in [6.45, 7) is 6.72. The number of amides is 1. The summed E-state index contributed by atoms with van der Waals surface area (Å²) in [7, 11) is 0. The van der Waals surface area contributed by atoms with E-state index in [0.717, 1.165) is 18.6 Å². The number of pyridine rings is 1.